The van der Waals surface area contributed by atoms with E-state index >= 15 is 0 Å². The van der Waals surface area contributed by atoms with Gasteiger partial charge in [0.25, 0.3) is 0 Å². The summed E-state index contributed by atoms with van der Waals surface area (Å²) in [6.45, 7) is 5.12. The minimum Gasteiger partial charge on any atom is -0.333 e. The Morgan fingerprint density at radius 2 is 1.81 bits per heavy atom. The fraction of sp³-hybridized carbons (Fsp3) is 1.00. The third-order valence-electron chi connectivity index (χ3n) is 6.68. The predicted molar refractivity (Wildman–Crippen MR) is 77.4 cm³/mol. The number of nitrogens with two attached hydrogens (primary N) is 1. The summed E-state index contributed by atoms with van der Waals surface area (Å²) < 4.78 is 0. The normalized spacial score (nSPS) is 58.1. The van der Waals surface area contributed by atoms with Crippen molar-refractivity contribution in [2.45, 2.75) is 39.5 Å². The summed E-state index contributed by atoms with van der Waals surface area (Å²) >= 11 is 3.44. The van der Waals surface area contributed by atoms with Crippen LogP contribution in [-0.2, 0) is 0 Å². The van der Waals surface area contributed by atoms with Crippen LogP contribution in [0.2, 0.25) is 0 Å². The van der Waals surface area contributed by atoms with E-state index < -0.39 is 0 Å². The maximum absolute atomic E-state index is 4.50. The molecule has 0 aliphatic heterocycles. The van der Waals surface area contributed by atoms with Crippen LogP contribution in [0.1, 0.15) is 39.5 Å². The number of rotatable bonds is 0. The summed E-state index contributed by atoms with van der Waals surface area (Å²) in [5, 5.41) is 0. The van der Waals surface area contributed by atoms with E-state index in [4.69, 9.17) is 0 Å². The van der Waals surface area contributed by atoms with Crippen LogP contribution in [0, 0.1) is 34.5 Å². The monoisotopic (exact) mass is 259 g/mol. The Balaban J connectivity index is 0.000000221. The molecule has 0 bridgehead atoms. The van der Waals surface area contributed by atoms with Crippen LogP contribution in [-0.4, -0.2) is 7.05 Å². The summed E-state index contributed by atoms with van der Waals surface area (Å²) in [6, 6.07) is 0. The Bertz CT molecular complexity index is 285. The predicted octanol–water partition coefficient (Wildman–Crippen LogP) is 3.36. The van der Waals surface area contributed by atoms with Gasteiger partial charge in [-0.3, -0.25) is 0 Å². The summed E-state index contributed by atoms with van der Waals surface area (Å²) in [4.78, 5) is 0. The van der Waals surface area contributed by atoms with Crippen LogP contribution in [0.5, 0.6) is 0 Å². The van der Waals surface area contributed by atoms with Crippen molar-refractivity contribution < 1.29 is 0 Å². The van der Waals surface area contributed by atoms with Crippen molar-refractivity contribution in [1.82, 2.24) is 0 Å². The number of hydrogen-bond acceptors (Lipinski definition) is 2. The minimum atomic E-state index is 0.809. The van der Waals surface area contributed by atoms with Crippen LogP contribution < -0.4 is 5.73 Å². The van der Waals surface area contributed by atoms with Crippen molar-refractivity contribution in [2.24, 2.45) is 40.2 Å². The molecule has 7 atom stereocenters. The summed E-state index contributed by atoms with van der Waals surface area (Å²) in [5.74, 6) is 4.62. The van der Waals surface area contributed by atoms with Gasteiger partial charge >= 0.3 is 0 Å². The summed E-state index contributed by atoms with van der Waals surface area (Å²) in [7, 11) is 3.61. The quantitative estimate of drug-likeness (QED) is 0.506. The molecule has 1 nitrogen and oxygen atoms in total. The van der Waals surface area contributed by atoms with Gasteiger partial charge in [-0.1, -0.05) is 22.3 Å². The van der Waals surface area contributed by atoms with Crippen molar-refractivity contribution in [3.63, 3.8) is 0 Å². The van der Waals surface area contributed by atoms with Gasteiger partial charge in [0.15, 0.2) is 0 Å². The van der Waals surface area contributed by atoms with E-state index in [0.29, 0.717) is 0 Å². The largest absolute Gasteiger partial charge is 0.333 e. The van der Waals surface area contributed by atoms with Gasteiger partial charge in [-0.15, -0.1) is 0 Å². The van der Waals surface area contributed by atoms with Gasteiger partial charge in [0.2, 0.25) is 0 Å². The van der Waals surface area contributed by atoms with Crippen molar-refractivity contribution in [1.29, 1.82) is 0 Å². The summed E-state index contributed by atoms with van der Waals surface area (Å²) in [5.41, 5.74) is 6.25. The number of hydrogen-bond donors (Lipinski definition) is 2. The fourth-order valence-electron chi connectivity index (χ4n) is 6.14. The first-order valence-electron chi connectivity index (χ1n) is 6.55. The highest BCUT2D eigenvalue weighted by Crippen LogP contribution is 2.90. The second kappa shape index (κ2) is 4.14. The Morgan fingerprint density at radius 1 is 1.19 bits per heavy atom. The third kappa shape index (κ3) is 1.04. The Morgan fingerprint density at radius 3 is 2.31 bits per heavy atom. The van der Waals surface area contributed by atoms with E-state index in [-0.39, 0.29) is 0 Å². The molecular weight excluding hydrogens is 233 g/mol. The maximum atomic E-state index is 4.50. The second-order valence-electron chi connectivity index (χ2n) is 6.15. The molecule has 4 saturated carbocycles. The fourth-order valence-corrected chi connectivity index (χ4v) is 6.14. The van der Waals surface area contributed by atoms with E-state index in [2.05, 4.69) is 40.3 Å². The van der Waals surface area contributed by atoms with Crippen molar-refractivity contribution in [3.05, 3.63) is 0 Å². The highest BCUT2D eigenvalue weighted by Gasteiger charge is 2.84. The van der Waals surface area contributed by atoms with E-state index in [9.17, 15) is 0 Å². The van der Waals surface area contributed by atoms with Crippen LogP contribution in [0.3, 0.4) is 0 Å². The smallest absolute Gasteiger partial charge is 0.0153 e. The molecule has 0 aromatic carbocycles. The molecule has 16 heavy (non-hydrogen) atoms. The standard InChI is InChI=1S/C12H18.CH5N.H3PS/c1-7-10-6-9-5-8-3-4-11(7,2)12(8,9)10;2*1-2/h7-10H,3-6H2,1-2H3;2H2,1H3;2H,1H2. The summed E-state index contributed by atoms with van der Waals surface area (Å²) in [6.07, 6.45) is 6.35. The maximum Gasteiger partial charge on any atom is -0.0153 e. The third-order valence-corrected chi connectivity index (χ3v) is 6.68. The zero-order chi connectivity index (χ0) is 12.1. The lowest BCUT2D eigenvalue weighted by atomic mass is 9.21. The van der Waals surface area contributed by atoms with Gasteiger partial charge in [-0.2, -0.15) is 12.2 Å². The van der Waals surface area contributed by atoms with Crippen molar-refractivity contribution >= 4 is 20.7 Å². The van der Waals surface area contributed by atoms with Crippen LogP contribution in [0.4, 0.5) is 0 Å². The molecule has 7 unspecified atom stereocenters. The molecule has 0 saturated heterocycles. The first-order valence-corrected chi connectivity index (χ1v) is 8.61. The highest BCUT2D eigenvalue weighted by molar-refractivity contribution is 8.31. The molecule has 1 spiro atoms. The van der Waals surface area contributed by atoms with Crippen molar-refractivity contribution in [2.75, 3.05) is 7.05 Å². The van der Waals surface area contributed by atoms with Gasteiger partial charge in [0, 0.05) is 0 Å². The van der Waals surface area contributed by atoms with E-state index in [0.717, 1.165) is 16.7 Å². The van der Waals surface area contributed by atoms with Crippen LogP contribution in [0.25, 0.3) is 0 Å². The van der Waals surface area contributed by atoms with E-state index in [1.54, 1.807) is 25.7 Å². The van der Waals surface area contributed by atoms with Gasteiger partial charge in [-0.25, -0.2) is 0 Å². The first-order chi connectivity index (χ1) is 7.71. The van der Waals surface area contributed by atoms with Gasteiger partial charge in [0.1, 0.15) is 0 Å². The zero-order valence-corrected chi connectivity index (χ0v) is 12.8. The van der Waals surface area contributed by atoms with Crippen LogP contribution in [0.15, 0.2) is 0 Å². The van der Waals surface area contributed by atoms with Crippen LogP contribution >= 0.6 is 20.7 Å². The zero-order valence-electron chi connectivity index (χ0n) is 10.7. The molecule has 94 valence electrons. The van der Waals surface area contributed by atoms with Crippen molar-refractivity contribution in [3.8, 4) is 0 Å². The molecule has 0 radical (unpaired) electrons. The molecule has 0 aromatic heterocycles. The Kier molecular flexibility index (Phi) is 3.41. The highest BCUT2D eigenvalue weighted by atomic mass is 32.7. The lowest BCUT2D eigenvalue weighted by Crippen LogP contribution is -2.77. The lowest BCUT2D eigenvalue weighted by Gasteiger charge is -2.83. The lowest BCUT2D eigenvalue weighted by molar-refractivity contribution is -0.353. The molecule has 0 amide bonds. The first kappa shape index (κ1) is 13.2. The van der Waals surface area contributed by atoms with Gasteiger partial charge < -0.3 is 5.73 Å². The molecular formula is C13H26NPS. The molecule has 3 heteroatoms. The number of thiol groups is 1. The average molecular weight is 259 g/mol. The van der Waals surface area contributed by atoms with Gasteiger partial charge in [0.05, 0.1) is 0 Å². The SMILES string of the molecule is CC1C2CC3CC4CCC1(C)C432.CN.PS. The molecule has 4 rings (SSSR count). The molecule has 4 fully saturated rings. The average Bonchev–Trinajstić information content (AvgIpc) is 2.62. The molecule has 4 aliphatic carbocycles. The van der Waals surface area contributed by atoms with E-state index in [1.165, 1.54) is 24.8 Å². The second-order valence-corrected chi connectivity index (χ2v) is 6.15. The molecule has 2 N–H and O–H groups in total. The Labute approximate surface area is 108 Å². The molecule has 0 aromatic rings. The molecule has 0 heterocycles. The van der Waals surface area contributed by atoms with Gasteiger partial charge in [-0.05, 0) is 67.2 Å². The topological polar surface area (TPSA) is 26.0 Å². The minimum absolute atomic E-state index is 0.809. The van der Waals surface area contributed by atoms with E-state index in [1.807, 2.05) is 0 Å². The molecule has 4 aliphatic rings. The Hall–Kier alpha value is 0.740.